The fraction of sp³-hybridized carbons (Fsp3) is 0.538. The summed E-state index contributed by atoms with van der Waals surface area (Å²) in [4.78, 5) is 18.0. The van der Waals surface area contributed by atoms with Gasteiger partial charge >= 0.3 is 0 Å². The van der Waals surface area contributed by atoms with Crippen LogP contribution in [0.15, 0.2) is 12.1 Å². The first-order valence-corrected chi connectivity index (χ1v) is 6.10. The Morgan fingerprint density at radius 3 is 2.78 bits per heavy atom. The topological polar surface area (TPSA) is 65.5 Å². The number of carbonyl (C=O) groups is 1. The standard InChI is InChI=1S/C13H21N3O2/c1-5-14-12-7-11(6-9(2)15-12)13(18)16(4)8-10(3)17/h6-7,10,17H,5,8H2,1-4H3,(H,14,15). The number of rotatable bonds is 5. The molecule has 5 heteroatoms. The van der Waals surface area contributed by atoms with Crippen LogP contribution in [-0.4, -0.2) is 47.1 Å². The minimum atomic E-state index is -0.532. The van der Waals surface area contributed by atoms with E-state index >= 15 is 0 Å². The summed E-state index contributed by atoms with van der Waals surface area (Å²) in [6.45, 7) is 6.56. The molecule has 1 rings (SSSR count). The van der Waals surface area contributed by atoms with Gasteiger partial charge in [-0.25, -0.2) is 4.98 Å². The molecule has 0 saturated heterocycles. The molecular weight excluding hydrogens is 230 g/mol. The van der Waals surface area contributed by atoms with Gasteiger partial charge in [0.2, 0.25) is 0 Å². The number of aliphatic hydroxyl groups is 1. The lowest BCUT2D eigenvalue weighted by Gasteiger charge is -2.19. The van der Waals surface area contributed by atoms with Crippen LogP contribution in [0.5, 0.6) is 0 Å². The molecule has 1 unspecified atom stereocenters. The van der Waals surface area contributed by atoms with Gasteiger partial charge in [-0.1, -0.05) is 0 Å². The number of likely N-dealkylation sites (N-methyl/N-ethyl adjacent to an activating group) is 1. The van der Waals surface area contributed by atoms with Gasteiger partial charge in [-0.15, -0.1) is 0 Å². The van der Waals surface area contributed by atoms with E-state index in [1.807, 2.05) is 13.8 Å². The van der Waals surface area contributed by atoms with Crippen LogP contribution in [0.2, 0.25) is 0 Å². The molecule has 1 aromatic rings. The monoisotopic (exact) mass is 251 g/mol. The van der Waals surface area contributed by atoms with Gasteiger partial charge in [-0.2, -0.15) is 0 Å². The number of nitrogens with zero attached hydrogens (tertiary/aromatic N) is 2. The van der Waals surface area contributed by atoms with Crippen molar-refractivity contribution in [1.29, 1.82) is 0 Å². The maximum absolute atomic E-state index is 12.1. The van der Waals surface area contributed by atoms with Crippen molar-refractivity contribution in [3.05, 3.63) is 23.4 Å². The van der Waals surface area contributed by atoms with Crippen molar-refractivity contribution in [2.75, 3.05) is 25.5 Å². The molecule has 0 bridgehead atoms. The average molecular weight is 251 g/mol. The molecule has 1 amide bonds. The molecule has 100 valence electrons. The van der Waals surface area contributed by atoms with Crippen LogP contribution in [-0.2, 0) is 0 Å². The highest BCUT2D eigenvalue weighted by Crippen LogP contribution is 2.12. The number of aromatic nitrogens is 1. The van der Waals surface area contributed by atoms with Crippen LogP contribution in [0.3, 0.4) is 0 Å². The normalized spacial score (nSPS) is 12.1. The molecule has 1 heterocycles. The van der Waals surface area contributed by atoms with Gasteiger partial charge in [-0.3, -0.25) is 4.79 Å². The highest BCUT2D eigenvalue weighted by atomic mass is 16.3. The van der Waals surface area contributed by atoms with E-state index in [4.69, 9.17) is 0 Å². The zero-order chi connectivity index (χ0) is 13.7. The van der Waals surface area contributed by atoms with Gasteiger partial charge in [0.15, 0.2) is 0 Å². The molecule has 18 heavy (non-hydrogen) atoms. The number of anilines is 1. The SMILES string of the molecule is CCNc1cc(C(=O)N(C)CC(C)O)cc(C)n1. The maximum Gasteiger partial charge on any atom is 0.253 e. The summed E-state index contributed by atoms with van der Waals surface area (Å²) in [5.74, 6) is 0.590. The minimum Gasteiger partial charge on any atom is -0.392 e. The summed E-state index contributed by atoms with van der Waals surface area (Å²) in [6.07, 6.45) is -0.532. The highest BCUT2D eigenvalue weighted by Gasteiger charge is 2.14. The van der Waals surface area contributed by atoms with Crippen molar-refractivity contribution in [2.45, 2.75) is 26.9 Å². The van der Waals surface area contributed by atoms with Crippen LogP contribution < -0.4 is 5.32 Å². The van der Waals surface area contributed by atoms with Gasteiger partial charge in [0.1, 0.15) is 5.82 Å². The molecule has 0 aliphatic heterocycles. The lowest BCUT2D eigenvalue weighted by atomic mass is 10.2. The maximum atomic E-state index is 12.1. The van der Waals surface area contributed by atoms with E-state index in [1.54, 1.807) is 26.1 Å². The third-order valence-electron chi connectivity index (χ3n) is 2.44. The Balaban J connectivity index is 2.91. The summed E-state index contributed by atoms with van der Waals surface area (Å²) < 4.78 is 0. The van der Waals surface area contributed by atoms with Crippen LogP contribution in [0, 0.1) is 6.92 Å². The molecule has 1 aromatic heterocycles. The van der Waals surface area contributed by atoms with Crippen LogP contribution in [0.4, 0.5) is 5.82 Å². The van der Waals surface area contributed by atoms with Crippen molar-refractivity contribution in [2.24, 2.45) is 0 Å². The zero-order valence-corrected chi connectivity index (χ0v) is 11.4. The Labute approximate surface area is 108 Å². The molecule has 0 aliphatic carbocycles. The molecule has 0 aromatic carbocycles. The number of hydrogen-bond acceptors (Lipinski definition) is 4. The second-order valence-electron chi connectivity index (χ2n) is 4.45. The van der Waals surface area contributed by atoms with Crippen molar-refractivity contribution < 1.29 is 9.90 Å². The average Bonchev–Trinajstić information content (AvgIpc) is 2.26. The molecule has 0 spiro atoms. The number of aryl methyl sites for hydroxylation is 1. The van der Waals surface area contributed by atoms with Gasteiger partial charge in [0.25, 0.3) is 5.91 Å². The Morgan fingerprint density at radius 2 is 2.22 bits per heavy atom. The van der Waals surface area contributed by atoms with E-state index in [0.29, 0.717) is 17.9 Å². The first-order valence-electron chi connectivity index (χ1n) is 6.10. The molecule has 5 nitrogen and oxygen atoms in total. The molecule has 2 N–H and O–H groups in total. The quantitative estimate of drug-likeness (QED) is 0.827. The molecular formula is C13H21N3O2. The van der Waals surface area contributed by atoms with E-state index < -0.39 is 6.10 Å². The number of carbonyl (C=O) groups excluding carboxylic acids is 1. The fourth-order valence-corrected chi connectivity index (χ4v) is 1.76. The summed E-state index contributed by atoms with van der Waals surface area (Å²) in [6, 6.07) is 3.49. The smallest absolute Gasteiger partial charge is 0.253 e. The second kappa shape index (κ2) is 6.35. The molecule has 0 aliphatic rings. The van der Waals surface area contributed by atoms with E-state index in [2.05, 4.69) is 10.3 Å². The summed E-state index contributed by atoms with van der Waals surface area (Å²) in [5, 5.41) is 12.4. The summed E-state index contributed by atoms with van der Waals surface area (Å²) >= 11 is 0. The van der Waals surface area contributed by atoms with Crippen molar-refractivity contribution in [3.63, 3.8) is 0 Å². The number of amides is 1. The van der Waals surface area contributed by atoms with Gasteiger partial charge in [0, 0.05) is 31.4 Å². The van der Waals surface area contributed by atoms with Crippen LogP contribution in [0.1, 0.15) is 29.9 Å². The van der Waals surface area contributed by atoms with Crippen LogP contribution >= 0.6 is 0 Å². The molecule has 1 atom stereocenters. The predicted octanol–water partition coefficient (Wildman–Crippen LogP) is 1.27. The largest absolute Gasteiger partial charge is 0.392 e. The lowest BCUT2D eigenvalue weighted by molar-refractivity contribution is 0.0703. The van der Waals surface area contributed by atoms with E-state index in [0.717, 1.165) is 12.2 Å². The Kier molecular flexibility index (Phi) is 5.09. The summed E-state index contributed by atoms with van der Waals surface area (Å²) in [5.41, 5.74) is 1.38. The summed E-state index contributed by atoms with van der Waals surface area (Å²) in [7, 11) is 1.68. The van der Waals surface area contributed by atoms with E-state index in [1.165, 1.54) is 4.90 Å². The third kappa shape index (κ3) is 4.00. The minimum absolute atomic E-state index is 0.111. The van der Waals surface area contributed by atoms with Gasteiger partial charge < -0.3 is 15.3 Å². The Hall–Kier alpha value is -1.62. The van der Waals surface area contributed by atoms with E-state index in [-0.39, 0.29) is 5.91 Å². The second-order valence-corrected chi connectivity index (χ2v) is 4.45. The third-order valence-corrected chi connectivity index (χ3v) is 2.44. The first-order chi connectivity index (χ1) is 8.43. The predicted molar refractivity (Wildman–Crippen MR) is 71.8 cm³/mol. The first kappa shape index (κ1) is 14.4. The number of aliphatic hydroxyl groups excluding tert-OH is 1. The van der Waals surface area contributed by atoms with E-state index in [9.17, 15) is 9.90 Å². The van der Waals surface area contributed by atoms with Crippen LogP contribution in [0.25, 0.3) is 0 Å². The molecule has 0 fully saturated rings. The molecule has 0 radical (unpaired) electrons. The van der Waals surface area contributed by atoms with Crippen molar-refractivity contribution >= 4 is 11.7 Å². The van der Waals surface area contributed by atoms with Crippen molar-refractivity contribution in [1.82, 2.24) is 9.88 Å². The highest BCUT2D eigenvalue weighted by molar-refractivity contribution is 5.94. The van der Waals surface area contributed by atoms with Gasteiger partial charge in [-0.05, 0) is 32.9 Å². The number of hydrogen-bond donors (Lipinski definition) is 2. The Morgan fingerprint density at radius 1 is 1.56 bits per heavy atom. The van der Waals surface area contributed by atoms with Gasteiger partial charge in [0.05, 0.1) is 6.10 Å². The Bertz CT molecular complexity index is 419. The zero-order valence-electron chi connectivity index (χ0n) is 11.4. The van der Waals surface area contributed by atoms with Crippen molar-refractivity contribution in [3.8, 4) is 0 Å². The number of pyridine rings is 1. The fourth-order valence-electron chi connectivity index (χ4n) is 1.76. The molecule has 0 saturated carbocycles. The number of nitrogens with one attached hydrogen (secondary N) is 1. The lowest BCUT2D eigenvalue weighted by Crippen LogP contribution is -2.33.